The molecule has 19 heavy (non-hydrogen) atoms. The first-order chi connectivity index (χ1) is 9.02. The fraction of sp³-hybridized carbons (Fsp3) is 0.933. The molecule has 0 radical (unpaired) electrons. The van der Waals surface area contributed by atoms with Crippen LogP contribution in [0.5, 0.6) is 0 Å². The van der Waals surface area contributed by atoms with E-state index in [-0.39, 0.29) is 12.2 Å². The van der Waals surface area contributed by atoms with Gasteiger partial charge in [-0.2, -0.15) is 0 Å². The Morgan fingerprint density at radius 2 is 2.05 bits per heavy atom. The van der Waals surface area contributed by atoms with Gasteiger partial charge in [-0.3, -0.25) is 4.90 Å². The van der Waals surface area contributed by atoms with E-state index in [1.807, 2.05) is 6.92 Å². The van der Waals surface area contributed by atoms with Crippen LogP contribution in [0.1, 0.15) is 52.4 Å². The molecule has 0 aromatic heterocycles. The van der Waals surface area contributed by atoms with E-state index in [1.165, 1.54) is 38.5 Å². The van der Waals surface area contributed by atoms with Gasteiger partial charge in [0.2, 0.25) is 0 Å². The van der Waals surface area contributed by atoms with Crippen LogP contribution in [0.25, 0.3) is 0 Å². The third-order valence-electron chi connectivity index (χ3n) is 4.77. The van der Waals surface area contributed by atoms with Gasteiger partial charge in [-0.25, -0.2) is 4.79 Å². The molecule has 2 fully saturated rings. The Hall–Kier alpha value is -0.610. The maximum atomic E-state index is 10.5. The summed E-state index contributed by atoms with van der Waals surface area (Å²) in [6.07, 6.45) is 7.98. The molecule has 4 heteroatoms. The van der Waals surface area contributed by atoms with Crippen LogP contribution in [0.15, 0.2) is 0 Å². The highest BCUT2D eigenvalue weighted by Crippen LogP contribution is 2.34. The van der Waals surface area contributed by atoms with E-state index in [4.69, 9.17) is 9.84 Å². The van der Waals surface area contributed by atoms with E-state index in [1.54, 1.807) is 0 Å². The molecule has 0 amide bonds. The summed E-state index contributed by atoms with van der Waals surface area (Å²) in [5, 5.41) is 8.67. The van der Waals surface area contributed by atoms with Crippen molar-refractivity contribution in [3.8, 4) is 0 Å². The molecule has 0 bridgehead atoms. The lowest BCUT2D eigenvalue weighted by molar-refractivity contribution is -0.170. The predicted octanol–water partition coefficient (Wildman–Crippen LogP) is 2.52. The smallest absolute Gasteiger partial charge is 0.329 e. The zero-order chi connectivity index (χ0) is 13.9. The highest BCUT2D eigenvalue weighted by molar-refractivity contribution is 5.68. The lowest BCUT2D eigenvalue weighted by Crippen LogP contribution is -2.64. The van der Waals surface area contributed by atoms with Gasteiger partial charge in [0.05, 0.1) is 5.60 Å². The molecular weight excluding hydrogens is 242 g/mol. The Bertz CT molecular complexity index is 313. The topological polar surface area (TPSA) is 49.8 Å². The van der Waals surface area contributed by atoms with Crippen LogP contribution in [-0.4, -0.2) is 47.3 Å². The van der Waals surface area contributed by atoms with Gasteiger partial charge in [-0.15, -0.1) is 0 Å². The number of likely N-dealkylation sites (tertiary alicyclic amines) is 1. The number of aliphatic carboxylic acids is 1. The van der Waals surface area contributed by atoms with Gasteiger partial charge >= 0.3 is 5.97 Å². The molecule has 1 aliphatic heterocycles. The van der Waals surface area contributed by atoms with Gasteiger partial charge in [-0.05, 0) is 32.1 Å². The molecule has 2 rings (SSSR count). The standard InChI is InChI=1S/C15H27NO3/c1-3-12-5-4-6-13(8-7-12)16-10-15(2,11-16)19-9-14(17)18/h12-13H,3-11H2,1-2H3,(H,17,18). The van der Waals surface area contributed by atoms with Crippen molar-refractivity contribution < 1.29 is 14.6 Å². The first-order valence-electron chi connectivity index (χ1n) is 7.62. The Morgan fingerprint density at radius 3 is 2.68 bits per heavy atom. The van der Waals surface area contributed by atoms with Crippen molar-refractivity contribution in [2.24, 2.45) is 5.92 Å². The largest absolute Gasteiger partial charge is 0.480 e. The quantitative estimate of drug-likeness (QED) is 0.779. The van der Waals surface area contributed by atoms with Crippen LogP contribution in [0.4, 0.5) is 0 Å². The van der Waals surface area contributed by atoms with E-state index in [9.17, 15) is 4.79 Å². The summed E-state index contributed by atoms with van der Waals surface area (Å²) in [4.78, 5) is 13.0. The highest BCUT2D eigenvalue weighted by atomic mass is 16.5. The first kappa shape index (κ1) is 14.8. The number of nitrogens with zero attached hydrogens (tertiary/aromatic N) is 1. The fourth-order valence-corrected chi connectivity index (χ4v) is 3.53. The third kappa shape index (κ3) is 3.93. The van der Waals surface area contributed by atoms with Gasteiger partial charge in [0.1, 0.15) is 6.61 Å². The van der Waals surface area contributed by atoms with Crippen LogP contribution in [0.2, 0.25) is 0 Å². The number of carboxylic acid groups (broad SMARTS) is 1. The van der Waals surface area contributed by atoms with Gasteiger partial charge in [0.15, 0.2) is 0 Å². The monoisotopic (exact) mass is 269 g/mol. The van der Waals surface area contributed by atoms with Crippen molar-refractivity contribution in [3.63, 3.8) is 0 Å². The lowest BCUT2D eigenvalue weighted by Gasteiger charge is -2.51. The molecule has 1 heterocycles. The van der Waals surface area contributed by atoms with Crippen molar-refractivity contribution in [2.75, 3.05) is 19.7 Å². The van der Waals surface area contributed by atoms with Gasteiger partial charge < -0.3 is 9.84 Å². The van der Waals surface area contributed by atoms with Crippen molar-refractivity contribution in [3.05, 3.63) is 0 Å². The molecule has 1 saturated carbocycles. The minimum Gasteiger partial charge on any atom is -0.480 e. The summed E-state index contributed by atoms with van der Waals surface area (Å²) in [5.74, 6) is 0.0425. The van der Waals surface area contributed by atoms with E-state index >= 15 is 0 Å². The molecule has 110 valence electrons. The van der Waals surface area contributed by atoms with Crippen LogP contribution in [0, 0.1) is 5.92 Å². The van der Waals surface area contributed by atoms with E-state index in [0.717, 1.165) is 19.0 Å². The van der Waals surface area contributed by atoms with E-state index < -0.39 is 5.97 Å². The van der Waals surface area contributed by atoms with Crippen LogP contribution in [-0.2, 0) is 9.53 Å². The van der Waals surface area contributed by atoms with Gasteiger partial charge in [0.25, 0.3) is 0 Å². The number of ether oxygens (including phenoxy) is 1. The van der Waals surface area contributed by atoms with Crippen molar-refractivity contribution >= 4 is 5.97 Å². The maximum absolute atomic E-state index is 10.5. The average molecular weight is 269 g/mol. The van der Waals surface area contributed by atoms with Crippen LogP contribution in [0.3, 0.4) is 0 Å². The summed E-state index contributed by atoms with van der Waals surface area (Å²) >= 11 is 0. The lowest BCUT2D eigenvalue weighted by atomic mass is 9.91. The second-order valence-corrected chi connectivity index (χ2v) is 6.47. The van der Waals surface area contributed by atoms with Crippen LogP contribution < -0.4 is 0 Å². The zero-order valence-electron chi connectivity index (χ0n) is 12.2. The Balaban J connectivity index is 1.75. The van der Waals surface area contributed by atoms with Crippen molar-refractivity contribution in [1.29, 1.82) is 0 Å². The molecule has 2 aliphatic rings. The highest BCUT2D eigenvalue weighted by Gasteiger charge is 2.43. The molecule has 1 saturated heterocycles. The Morgan fingerprint density at radius 1 is 1.32 bits per heavy atom. The molecule has 0 spiro atoms. The first-order valence-corrected chi connectivity index (χ1v) is 7.62. The Labute approximate surface area is 116 Å². The molecule has 4 nitrogen and oxygen atoms in total. The number of hydrogen-bond donors (Lipinski definition) is 1. The second kappa shape index (κ2) is 6.23. The van der Waals surface area contributed by atoms with Gasteiger partial charge in [0, 0.05) is 19.1 Å². The molecule has 1 N–H and O–H groups in total. The number of carboxylic acids is 1. The molecular formula is C15H27NO3. The normalized spacial score (nSPS) is 31.5. The Kier molecular flexibility index (Phi) is 4.85. The summed E-state index contributed by atoms with van der Waals surface area (Å²) in [5.41, 5.74) is -0.241. The number of rotatable bonds is 5. The summed E-state index contributed by atoms with van der Waals surface area (Å²) in [6, 6.07) is 0.693. The maximum Gasteiger partial charge on any atom is 0.329 e. The van der Waals surface area contributed by atoms with Crippen LogP contribution >= 0.6 is 0 Å². The fourth-order valence-electron chi connectivity index (χ4n) is 3.53. The molecule has 2 unspecified atom stereocenters. The minimum absolute atomic E-state index is 0.174. The molecule has 0 aromatic carbocycles. The molecule has 1 aliphatic carbocycles. The summed E-state index contributed by atoms with van der Waals surface area (Å²) in [7, 11) is 0. The van der Waals surface area contributed by atoms with Gasteiger partial charge in [-0.1, -0.05) is 26.2 Å². The molecule has 2 atom stereocenters. The zero-order valence-corrected chi connectivity index (χ0v) is 12.2. The van der Waals surface area contributed by atoms with Crippen molar-refractivity contribution in [1.82, 2.24) is 4.90 Å². The number of hydrogen-bond acceptors (Lipinski definition) is 3. The second-order valence-electron chi connectivity index (χ2n) is 6.47. The summed E-state index contributed by atoms with van der Waals surface area (Å²) < 4.78 is 5.48. The SMILES string of the molecule is CCC1CCCC(N2CC(C)(OCC(=O)O)C2)CC1. The minimum atomic E-state index is -0.875. The van der Waals surface area contributed by atoms with E-state index in [0.29, 0.717) is 6.04 Å². The van der Waals surface area contributed by atoms with E-state index in [2.05, 4.69) is 11.8 Å². The summed E-state index contributed by atoms with van der Waals surface area (Å²) in [6.45, 7) is 5.93. The number of carbonyl (C=O) groups is 1. The molecule has 0 aromatic rings. The average Bonchev–Trinajstić information content (AvgIpc) is 2.58. The van der Waals surface area contributed by atoms with Crippen molar-refractivity contribution in [2.45, 2.75) is 64.0 Å². The predicted molar refractivity (Wildman–Crippen MR) is 74.2 cm³/mol. The third-order valence-corrected chi connectivity index (χ3v) is 4.77.